The largest absolute Gasteiger partial charge is 0.361 e. The molecule has 2 aromatic rings. The Morgan fingerprint density at radius 2 is 2.09 bits per heavy atom. The summed E-state index contributed by atoms with van der Waals surface area (Å²) >= 11 is 1.67. The number of likely N-dealkylation sites (tertiary alicyclic amines) is 2. The van der Waals surface area contributed by atoms with Crippen LogP contribution in [0.5, 0.6) is 0 Å². The van der Waals surface area contributed by atoms with Gasteiger partial charge in [0.05, 0.1) is 0 Å². The van der Waals surface area contributed by atoms with Crippen LogP contribution in [0.1, 0.15) is 38.2 Å². The van der Waals surface area contributed by atoms with Gasteiger partial charge in [0.1, 0.15) is 12.4 Å². The van der Waals surface area contributed by atoms with Crippen LogP contribution in [0.15, 0.2) is 40.1 Å². The maximum absolute atomic E-state index is 15.7. The number of hydrogen-bond donors (Lipinski definition) is 0. The predicted octanol–water partition coefficient (Wildman–Crippen LogP) is 4.27. The lowest BCUT2D eigenvalue weighted by Gasteiger charge is -2.42. The number of halogens is 1. The first-order valence-corrected chi connectivity index (χ1v) is 13.0. The van der Waals surface area contributed by atoms with E-state index in [1.54, 1.807) is 22.4 Å². The van der Waals surface area contributed by atoms with Gasteiger partial charge in [0.2, 0.25) is 0 Å². The molecule has 2 fully saturated rings. The Labute approximate surface area is 205 Å². The first kappa shape index (κ1) is 24.8. The molecule has 0 saturated carbocycles. The molecular formula is C25H34FN5O2S. The van der Waals surface area contributed by atoms with Crippen molar-refractivity contribution in [1.29, 1.82) is 0 Å². The molecule has 2 aliphatic heterocycles. The third-order valence-corrected chi connectivity index (χ3v) is 7.59. The Morgan fingerprint density at radius 3 is 2.74 bits per heavy atom. The zero-order valence-electron chi connectivity index (χ0n) is 19.9. The molecule has 4 rings (SSSR count). The number of amides is 1. The van der Waals surface area contributed by atoms with E-state index in [-0.39, 0.29) is 24.8 Å². The number of aromatic nitrogens is 1. The highest BCUT2D eigenvalue weighted by molar-refractivity contribution is 7.07. The number of hydrogen-bond acceptors (Lipinski definition) is 7. The molecular weight excluding hydrogens is 453 g/mol. The van der Waals surface area contributed by atoms with Crippen molar-refractivity contribution in [1.82, 2.24) is 14.8 Å². The van der Waals surface area contributed by atoms with Crippen molar-refractivity contribution in [2.75, 3.05) is 44.4 Å². The summed E-state index contributed by atoms with van der Waals surface area (Å²) in [6.07, 6.45) is 3.71. The van der Waals surface area contributed by atoms with Crippen LogP contribution in [0.25, 0.3) is 0 Å². The Balaban J connectivity index is 1.34. The topological polar surface area (TPSA) is 61.3 Å². The third-order valence-electron chi connectivity index (χ3n) is 6.85. The monoisotopic (exact) mass is 487 g/mol. The lowest BCUT2D eigenvalue weighted by atomic mass is 9.90. The number of nitrogens with zero attached hydrogens (tertiary/aromatic N) is 5. The van der Waals surface area contributed by atoms with Crippen LogP contribution in [0.3, 0.4) is 0 Å². The van der Waals surface area contributed by atoms with Crippen LogP contribution in [0.4, 0.5) is 15.9 Å². The third kappa shape index (κ3) is 5.64. The van der Waals surface area contributed by atoms with Crippen LogP contribution in [-0.2, 0) is 16.1 Å². The van der Waals surface area contributed by atoms with Gasteiger partial charge < -0.3 is 14.5 Å². The number of anilines is 1. The quantitative estimate of drug-likeness (QED) is 0.391. The number of thiophene rings is 1. The number of ether oxygens (including phenoxy) is 1. The minimum absolute atomic E-state index is 0.133. The van der Waals surface area contributed by atoms with E-state index in [4.69, 9.17) is 4.74 Å². The van der Waals surface area contributed by atoms with Gasteiger partial charge in [-0.1, -0.05) is 0 Å². The second kappa shape index (κ2) is 11.4. The molecule has 9 heteroatoms. The number of carbonyl (C=O) groups excluding carboxylic acids is 1. The van der Waals surface area contributed by atoms with Gasteiger partial charge in [0, 0.05) is 64.4 Å². The summed E-state index contributed by atoms with van der Waals surface area (Å²) in [6, 6.07) is 5.95. The highest BCUT2D eigenvalue weighted by Gasteiger charge is 2.45. The molecule has 0 radical (unpaired) electrons. The molecule has 1 amide bonds. The number of aliphatic imine (C=N–C) groups is 1. The van der Waals surface area contributed by atoms with Gasteiger partial charge in [0.15, 0.2) is 11.5 Å². The summed E-state index contributed by atoms with van der Waals surface area (Å²) in [7, 11) is 0. The fourth-order valence-electron chi connectivity index (χ4n) is 4.85. The van der Waals surface area contributed by atoms with E-state index in [2.05, 4.69) is 43.3 Å². The molecule has 2 aliphatic rings. The summed E-state index contributed by atoms with van der Waals surface area (Å²) < 4.78 is 21.4. The van der Waals surface area contributed by atoms with E-state index in [9.17, 15) is 4.79 Å². The van der Waals surface area contributed by atoms with Crippen molar-refractivity contribution in [3.8, 4) is 0 Å². The summed E-state index contributed by atoms with van der Waals surface area (Å²) in [4.78, 5) is 27.9. The molecule has 4 heterocycles. The average Bonchev–Trinajstić information content (AvgIpc) is 3.39. The van der Waals surface area contributed by atoms with Crippen LogP contribution in [-0.4, -0.2) is 78.6 Å². The summed E-state index contributed by atoms with van der Waals surface area (Å²) in [5, 5.41) is 4.18. The first-order valence-electron chi connectivity index (χ1n) is 12.0. The zero-order valence-corrected chi connectivity index (χ0v) is 20.7. The van der Waals surface area contributed by atoms with Crippen molar-refractivity contribution in [3.05, 3.63) is 40.7 Å². The molecule has 0 aromatic carbocycles. The summed E-state index contributed by atoms with van der Waals surface area (Å²) in [5.74, 6) is 0.388. The van der Waals surface area contributed by atoms with Gasteiger partial charge in [-0.2, -0.15) is 11.3 Å². The van der Waals surface area contributed by atoms with Crippen LogP contribution in [0, 0.1) is 0 Å². The molecule has 0 N–H and O–H groups in total. The number of alkyl halides is 1. The molecule has 0 atom stereocenters. The molecule has 0 unspecified atom stereocenters. The maximum atomic E-state index is 15.7. The number of pyridine rings is 1. The van der Waals surface area contributed by atoms with E-state index in [0.717, 1.165) is 25.2 Å². The van der Waals surface area contributed by atoms with Crippen LogP contribution in [0.2, 0.25) is 0 Å². The molecule has 7 nitrogen and oxygen atoms in total. The molecule has 0 spiro atoms. The van der Waals surface area contributed by atoms with Gasteiger partial charge in [0.25, 0.3) is 5.91 Å². The minimum Gasteiger partial charge on any atom is -0.361 e. The fourth-order valence-corrected chi connectivity index (χ4v) is 5.51. The van der Waals surface area contributed by atoms with Crippen molar-refractivity contribution in [2.45, 2.75) is 50.9 Å². The number of rotatable bonds is 9. The van der Waals surface area contributed by atoms with Crippen molar-refractivity contribution >= 4 is 35.5 Å². The lowest BCUT2D eigenvalue weighted by molar-refractivity contribution is -0.148. The fraction of sp³-hybridized carbons (Fsp3) is 0.560. The summed E-state index contributed by atoms with van der Waals surface area (Å²) in [6.45, 7) is 9.69. The molecule has 34 heavy (non-hydrogen) atoms. The second-order valence-corrected chi connectivity index (χ2v) is 9.77. The van der Waals surface area contributed by atoms with Crippen molar-refractivity contribution in [2.24, 2.45) is 4.99 Å². The van der Waals surface area contributed by atoms with Crippen LogP contribution < -0.4 is 4.90 Å². The molecule has 0 bridgehead atoms. The molecule has 2 saturated heterocycles. The Morgan fingerprint density at radius 1 is 1.32 bits per heavy atom. The lowest BCUT2D eigenvalue weighted by Crippen LogP contribution is -2.55. The van der Waals surface area contributed by atoms with Crippen LogP contribution >= 0.6 is 11.3 Å². The van der Waals surface area contributed by atoms with Gasteiger partial charge in [-0.25, -0.2) is 9.37 Å². The first-order chi connectivity index (χ1) is 16.5. The van der Waals surface area contributed by atoms with Gasteiger partial charge in [-0.05, 0) is 61.0 Å². The Hall–Kier alpha value is -2.36. The Bertz CT molecular complexity index is 941. The second-order valence-electron chi connectivity index (χ2n) is 8.99. The molecule has 2 aromatic heterocycles. The van der Waals surface area contributed by atoms with E-state index in [0.29, 0.717) is 45.2 Å². The standard InChI is InChI=1S/C25H34FN5O2S/c1-3-33-19-31(23-22(27-2)5-4-11-28-23)21-6-12-30(13-7-21)24(32)25(26)9-14-29(15-10-25)17-20-8-16-34-18-20/h4-5,8,11,16,18,21H,2-3,6-7,9-10,12-15,17,19H2,1H3. The highest BCUT2D eigenvalue weighted by Crippen LogP contribution is 2.33. The Kier molecular flexibility index (Phi) is 8.28. The number of piperidine rings is 2. The van der Waals surface area contributed by atoms with E-state index in [1.165, 1.54) is 5.56 Å². The van der Waals surface area contributed by atoms with Crippen molar-refractivity contribution in [3.63, 3.8) is 0 Å². The summed E-state index contributed by atoms with van der Waals surface area (Å²) in [5.41, 5.74) is 0.200. The highest BCUT2D eigenvalue weighted by atomic mass is 32.1. The van der Waals surface area contributed by atoms with E-state index >= 15 is 4.39 Å². The smallest absolute Gasteiger partial charge is 0.260 e. The SMILES string of the molecule is C=Nc1cccnc1N(COCC)C1CCN(C(=O)C2(F)CCN(Cc3ccsc3)CC2)CC1. The zero-order chi connectivity index (χ0) is 24.0. The van der Waals surface area contributed by atoms with Gasteiger partial charge in [-0.3, -0.25) is 14.7 Å². The number of carbonyl (C=O) groups is 1. The minimum atomic E-state index is -1.76. The average molecular weight is 488 g/mol. The van der Waals surface area contributed by atoms with E-state index < -0.39 is 5.67 Å². The van der Waals surface area contributed by atoms with Gasteiger partial charge >= 0.3 is 0 Å². The predicted molar refractivity (Wildman–Crippen MR) is 135 cm³/mol. The van der Waals surface area contributed by atoms with E-state index in [1.807, 2.05) is 19.1 Å². The normalized spacial score (nSPS) is 19.2. The van der Waals surface area contributed by atoms with Crippen molar-refractivity contribution < 1.29 is 13.9 Å². The molecule has 0 aliphatic carbocycles. The molecule has 184 valence electrons. The van der Waals surface area contributed by atoms with Gasteiger partial charge in [-0.15, -0.1) is 0 Å². The maximum Gasteiger partial charge on any atom is 0.260 e.